The minimum atomic E-state index is -0.563. The summed E-state index contributed by atoms with van der Waals surface area (Å²) in [6.45, 7) is 2.43. The van der Waals surface area contributed by atoms with Gasteiger partial charge in [-0.3, -0.25) is 4.79 Å². The number of rotatable bonds is 4. The molecule has 0 aromatic carbocycles. The minimum absolute atomic E-state index is 0.218. The normalized spacial score (nSPS) is 22.1. The highest BCUT2D eigenvalue weighted by molar-refractivity contribution is 5.87. The van der Waals surface area contributed by atoms with E-state index in [1.54, 1.807) is 0 Å². The van der Waals surface area contributed by atoms with Crippen molar-refractivity contribution in [3.8, 4) is 0 Å². The van der Waals surface area contributed by atoms with Crippen molar-refractivity contribution in [2.24, 2.45) is 0 Å². The number of ether oxygens (including phenoxy) is 2. The lowest BCUT2D eigenvalue weighted by atomic mass is 10.2. The van der Waals surface area contributed by atoms with Crippen LogP contribution < -0.4 is 5.32 Å². The average Bonchev–Trinajstić information content (AvgIpc) is 2.77. The van der Waals surface area contributed by atoms with E-state index in [2.05, 4.69) is 10.1 Å². The number of methoxy groups -OCH3 is 1. The van der Waals surface area contributed by atoms with Crippen LogP contribution in [0.15, 0.2) is 0 Å². The molecule has 0 unspecified atom stereocenters. The molecule has 0 aromatic heterocycles. The van der Waals surface area contributed by atoms with Gasteiger partial charge < -0.3 is 14.8 Å². The van der Waals surface area contributed by atoms with Crippen molar-refractivity contribution in [2.45, 2.75) is 38.3 Å². The van der Waals surface area contributed by atoms with Crippen LogP contribution in [0.5, 0.6) is 0 Å². The van der Waals surface area contributed by atoms with Crippen molar-refractivity contribution in [2.75, 3.05) is 13.7 Å². The van der Waals surface area contributed by atoms with Crippen LogP contribution in [-0.4, -0.2) is 37.7 Å². The molecule has 1 saturated heterocycles. The summed E-state index contributed by atoms with van der Waals surface area (Å²) < 4.78 is 9.78. The fraction of sp³-hybridized carbons (Fsp3) is 0.800. The molecule has 1 aliphatic rings. The highest BCUT2D eigenvalue weighted by Crippen LogP contribution is 2.12. The van der Waals surface area contributed by atoms with Crippen LogP contribution in [0.2, 0.25) is 0 Å². The molecular weight excluding hydrogens is 198 g/mol. The Kier molecular flexibility index (Phi) is 4.55. The molecular formula is C10H17NO4. The summed E-state index contributed by atoms with van der Waals surface area (Å²) in [6.07, 6.45) is 1.74. The van der Waals surface area contributed by atoms with Gasteiger partial charge in [-0.2, -0.15) is 0 Å². The number of amides is 1. The summed E-state index contributed by atoms with van der Waals surface area (Å²) >= 11 is 0. The molecule has 1 heterocycles. The van der Waals surface area contributed by atoms with Crippen molar-refractivity contribution < 1.29 is 19.1 Å². The summed E-state index contributed by atoms with van der Waals surface area (Å²) in [6, 6.07) is -0.563. The highest BCUT2D eigenvalue weighted by atomic mass is 16.5. The maximum Gasteiger partial charge on any atom is 0.328 e. The van der Waals surface area contributed by atoms with E-state index in [-0.39, 0.29) is 5.91 Å². The van der Waals surface area contributed by atoms with Gasteiger partial charge in [-0.1, -0.05) is 6.92 Å². The molecule has 0 aliphatic carbocycles. The Balaban J connectivity index is 2.43. The van der Waals surface area contributed by atoms with Gasteiger partial charge in [0, 0.05) is 6.61 Å². The zero-order valence-electron chi connectivity index (χ0n) is 9.12. The van der Waals surface area contributed by atoms with Gasteiger partial charge in [0.2, 0.25) is 5.91 Å². The van der Waals surface area contributed by atoms with Crippen molar-refractivity contribution in [1.29, 1.82) is 0 Å². The fourth-order valence-corrected chi connectivity index (χ4v) is 1.52. The van der Waals surface area contributed by atoms with E-state index in [4.69, 9.17) is 4.74 Å². The van der Waals surface area contributed by atoms with Crippen molar-refractivity contribution in [1.82, 2.24) is 5.32 Å². The highest BCUT2D eigenvalue weighted by Gasteiger charge is 2.27. The fourth-order valence-electron chi connectivity index (χ4n) is 1.52. The van der Waals surface area contributed by atoms with Crippen molar-refractivity contribution in [3.63, 3.8) is 0 Å². The van der Waals surface area contributed by atoms with Gasteiger partial charge >= 0.3 is 5.97 Å². The lowest BCUT2D eigenvalue weighted by molar-refractivity contribution is -0.146. The maximum atomic E-state index is 11.6. The quantitative estimate of drug-likeness (QED) is 0.682. The SMILES string of the molecule is CC[C@H](NC(=O)[C@H]1CCCO1)C(=O)OC. The number of nitrogens with one attached hydrogen (secondary N) is 1. The third kappa shape index (κ3) is 3.20. The molecule has 0 spiro atoms. The Morgan fingerprint density at radius 1 is 1.60 bits per heavy atom. The van der Waals surface area contributed by atoms with E-state index in [0.717, 1.165) is 12.8 Å². The number of esters is 1. The molecule has 1 aliphatic heterocycles. The summed E-state index contributed by atoms with van der Waals surface area (Å²) in [5, 5.41) is 2.62. The van der Waals surface area contributed by atoms with E-state index in [1.807, 2.05) is 6.92 Å². The van der Waals surface area contributed by atoms with E-state index in [1.165, 1.54) is 7.11 Å². The standard InChI is InChI=1S/C10H17NO4/c1-3-7(10(13)14-2)11-9(12)8-5-4-6-15-8/h7-8H,3-6H2,1-2H3,(H,11,12)/t7-,8+/m0/s1. The molecule has 1 fully saturated rings. The average molecular weight is 215 g/mol. The monoisotopic (exact) mass is 215 g/mol. The van der Waals surface area contributed by atoms with Crippen molar-refractivity contribution >= 4 is 11.9 Å². The smallest absolute Gasteiger partial charge is 0.328 e. The Bertz CT molecular complexity index is 236. The summed E-state index contributed by atoms with van der Waals surface area (Å²) in [7, 11) is 1.31. The van der Waals surface area contributed by atoms with Crippen LogP contribution in [-0.2, 0) is 19.1 Å². The van der Waals surface area contributed by atoms with Crippen molar-refractivity contribution in [3.05, 3.63) is 0 Å². The first-order valence-electron chi connectivity index (χ1n) is 5.18. The molecule has 1 rings (SSSR count). The number of carbonyl (C=O) groups is 2. The Morgan fingerprint density at radius 2 is 2.33 bits per heavy atom. The third-order valence-corrected chi connectivity index (χ3v) is 2.43. The zero-order valence-corrected chi connectivity index (χ0v) is 9.12. The second-order valence-corrected chi connectivity index (χ2v) is 3.49. The van der Waals surface area contributed by atoms with Gasteiger partial charge in [-0.15, -0.1) is 0 Å². The van der Waals surface area contributed by atoms with Crippen LogP contribution in [0, 0.1) is 0 Å². The lowest BCUT2D eigenvalue weighted by Crippen LogP contribution is -2.45. The molecule has 2 atom stereocenters. The molecule has 0 bridgehead atoms. The van der Waals surface area contributed by atoms with E-state index in [9.17, 15) is 9.59 Å². The Morgan fingerprint density at radius 3 is 2.80 bits per heavy atom. The van der Waals surface area contributed by atoms with E-state index in [0.29, 0.717) is 13.0 Å². The molecule has 15 heavy (non-hydrogen) atoms. The number of hydrogen-bond donors (Lipinski definition) is 1. The van der Waals surface area contributed by atoms with Gasteiger partial charge in [0.15, 0.2) is 0 Å². The van der Waals surface area contributed by atoms with E-state index < -0.39 is 18.1 Å². The molecule has 0 radical (unpaired) electrons. The Hall–Kier alpha value is -1.10. The lowest BCUT2D eigenvalue weighted by Gasteiger charge is -2.16. The largest absolute Gasteiger partial charge is 0.467 e. The first kappa shape index (κ1) is 12.0. The second kappa shape index (κ2) is 5.70. The zero-order chi connectivity index (χ0) is 11.3. The van der Waals surface area contributed by atoms with Gasteiger partial charge in [-0.25, -0.2) is 4.79 Å². The first-order valence-corrected chi connectivity index (χ1v) is 5.18. The van der Waals surface area contributed by atoms with Gasteiger partial charge in [-0.05, 0) is 19.3 Å². The van der Waals surface area contributed by atoms with Gasteiger partial charge in [0.1, 0.15) is 12.1 Å². The molecule has 0 aromatic rings. The summed E-state index contributed by atoms with van der Waals surface area (Å²) in [4.78, 5) is 22.8. The topological polar surface area (TPSA) is 64.6 Å². The summed E-state index contributed by atoms with van der Waals surface area (Å²) in [5.41, 5.74) is 0. The van der Waals surface area contributed by atoms with Crippen LogP contribution in [0.1, 0.15) is 26.2 Å². The molecule has 1 N–H and O–H groups in total. The number of hydrogen-bond acceptors (Lipinski definition) is 4. The van der Waals surface area contributed by atoms with Gasteiger partial charge in [0.25, 0.3) is 0 Å². The predicted molar refractivity (Wildman–Crippen MR) is 53.2 cm³/mol. The first-order chi connectivity index (χ1) is 7.19. The van der Waals surface area contributed by atoms with Crippen LogP contribution in [0.3, 0.4) is 0 Å². The Labute approximate surface area is 89.1 Å². The minimum Gasteiger partial charge on any atom is -0.467 e. The van der Waals surface area contributed by atoms with Crippen LogP contribution in [0.4, 0.5) is 0 Å². The molecule has 86 valence electrons. The molecule has 5 heteroatoms. The molecule has 5 nitrogen and oxygen atoms in total. The molecule has 1 amide bonds. The third-order valence-electron chi connectivity index (χ3n) is 2.43. The predicted octanol–water partition coefficient (Wildman–Crippen LogP) is 0.233. The van der Waals surface area contributed by atoms with Crippen LogP contribution >= 0.6 is 0 Å². The summed E-state index contributed by atoms with van der Waals surface area (Å²) in [5.74, 6) is -0.631. The maximum absolute atomic E-state index is 11.6. The van der Waals surface area contributed by atoms with Gasteiger partial charge in [0.05, 0.1) is 7.11 Å². The molecule has 0 saturated carbocycles. The number of carbonyl (C=O) groups excluding carboxylic acids is 2. The van der Waals surface area contributed by atoms with Crippen LogP contribution in [0.25, 0.3) is 0 Å². The second-order valence-electron chi connectivity index (χ2n) is 3.49. The van der Waals surface area contributed by atoms with E-state index >= 15 is 0 Å².